The third-order valence-corrected chi connectivity index (χ3v) is 3.40. The quantitative estimate of drug-likeness (QED) is 0.791. The molecule has 3 heteroatoms. The molecule has 0 amide bonds. The largest absolute Gasteiger partial charge is 0.481 e. The van der Waals surface area contributed by atoms with Gasteiger partial charge < -0.3 is 10.8 Å². The van der Waals surface area contributed by atoms with E-state index in [1.807, 2.05) is 13.0 Å². The predicted octanol–water partition coefficient (Wildman–Crippen LogP) is 1.44. The second kappa shape index (κ2) is 4.26. The van der Waals surface area contributed by atoms with Crippen molar-refractivity contribution in [1.29, 1.82) is 0 Å². The SMILES string of the molecule is Cc1c(CC(=O)O)ccc2c1CC(N)CC2. The topological polar surface area (TPSA) is 63.3 Å². The van der Waals surface area contributed by atoms with Crippen molar-refractivity contribution in [3.8, 4) is 0 Å². The zero-order valence-electron chi connectivity index (χ0n) is 9.49. The van der Waals surface area contributed by atoms with Crippen LogP contribution in [0.5, 0.6) is 0 Å². The Morgan fingerprint density at radius 3 is 3.00 bits per heavy atom. The normalized spacial score (nSPS) is 19.2. The summed E-state index contributed by atoms with van der Waals surface area (Å²) in [7, 11) is 0. The third-order valence-electron chi connectivity index (χ3n) is 3.40. The molecule has 0 fully saturated rings. The van der Waals surface area contributed by atoms with Crippen LogP contribution in [0.3, 0.4) is 0 Å². The lowest BCUT2D eigenvalue weighted by atomic mass is 9.84. The van der Waals surface area contributed by atoms with Gasteiger partial charge in [-0.2, -0.15) is 0 Å². The molecule has 1 atom stereocenters. The fourth-order valence-electron chi connectivity index (χ4n) is 2.44. The van der Waals surface area contributed by atoms with Crippen LogP contribution in [0, 0.1) is 6.92 Å². The van der Waals surface area contributed by atoms with Crippen LogP contribution in [0.1, 0.15) is 28.7 Å². The van der Waals surface area contributed by atoms with E-state index >= 15 is 0 Å². The molecule has 1 aliphatic rings. The van der Waals surface area contributed by atoms with Gasteiger partial charge in [-0.15, -0.1) is 0 Å². The molecule has 16 heavy (non-hydrogen) atoms. The first kappa shape index (κ1) is 11.1. The molecule has 3 N–H and O–H groups in total. The van der Waals surface area contributed by atoms with E-state index < -0.39 is 5.97 Å². The Labute approximate surface area is 95.3 Å². The van der Waals surface area contributed by atoms with E-state index in [4.69, 9.17) is 10.8 Å². The summed E-state index contributed by atoms with van der Waals surface area (Å²) in [5.74, 6) is -0.775. The average molecular weight is 219 g/mol. The molecular weight excluding hydrogens is 202 g/mol. The summed E-state index contributed by atoms with van der Waals surface area (Å²) in [6.45, 7) is 2.01. The first-order valence-electron chi connectivity index (χ1n) is 5.65. The summed E-state index contributed by atoms with van der Waals surface area (Å²) in [6, 6.07) is 4.23. The van der Waals surface area contributed by atoms with Gasteiger partial charge in [0.15, 0.2) is 0 Å². The maximum absolute atomic E-state index is 10.7. The lowest BCUT2D eigenvalue weighted by Crippen LogP contribution is -2.28. The van der Waals surface area contributed by atoms with E-state index in [-0.39, 0.29) is 12.5 Å². The van der Waals surface area contributed by atoms with Crippen molar-refractivity contribution in [2.45, 2.75) is 38.6 Å². The highest BCUT2D eigenvalue weighted by Crippen LogP contribution is 2.26. The van der Waals surface area contributed by atoms with Crippen molar-refractivity contribution in [3.05, 3.63) is 34.4 Å². The standard InChI is InChI=1S/C13H17NO2/c1-8-10(6-13(15)16)3-2-9-4-5-11(14)7-12(8)9/h2-3,11H,4-7,14H2,1H3,(H,15,16). The molecule has 1 aromatic carbocycles. The maximum atomic E-state index is 10.7. The van der Waals surface area contributed by atoms with Gasteiger partial charge in [0.25, 0.3) is 0 Å². The number of benzene rings is 1. The van der Waals surface area contributed by atoms with Crippen molar-refractivity contribution in [1.82, 2.24) is 0 Å². The van der Waals surface area contributed by atoms with Gasteiger partial charge in [-0.3, -0.25) is 4.79 Å². The number of nitrogens with two attached hydrogens (primary N) is 1. The molecule has 0 aliphatic heterocycles. The zero-order valence-corrected chi connectivity index (χ0v) is 9.49. The van der Waals surface area contributed by atoms with Gasteiger partial charge in [0.1, 0.15) is 0 Å². The average Bonchev–Trinajstić information content (AvgIpc) is 2.22. The Hall–Kier alpha value is -1.35. The van der Waals surface area contributed by atoms with Crippen LogP contribution in [0.4, 0.5) is 0 Å². The van der Waals surface area contributed by atoms with E-state index in [1.54, 1.807) is 0 Å². The van der Waals surface area contributed by atoms with E-state index in [9.17, 15) is 4.79 Å². The number of rotatable bonds is 2. The van der Waals surface area contributed by atoms with Crippen LogP contribution >= 0.6 is 0 Å². The summed E-state index contributed by atoms with van der Waals surface area (Å²) in [5.41, 5.74) is 10.6. The van der Waals surface area contributed by atoms with E-state index in [2.05, 4.69) is 6.07 Å². The molecular formula is C13H17NO2. The molecule has 1 unspecified atom stereocenters. The molecule has 0 aromatic heterocycles. The van der Waals surface area contributed by atoms with Gasteiger partial charge in [0.05, 0.1) is 6.42 Å². The van der Waals surface area contributed by atoms with Crippen molar-refractivity contribution in [2.75, 3.05) is 0 Å². The Morgan fingerprint density at radius 2 is 2.31 bits per heavy atom. The number of carboxylic acids is 1. The number of aryl methyl sites for hydroxylation is 1. The van der Waals surface area contributed by atoms with Crippen LogP contribution in [-0.2, 0) is 24.1 Å². The van der Waals surface area contributed by atoms with Gasteiger partial charge in [0.2, 0.25) is 0 Å². The van der Waals surface area contributed by atoms with Crippen LogP contribution in [0.25, 0.3) is 0 Å². The van der Waals surface area contributed by atoms with Crippen LogP contribution < -0.4 is 5.73 Å². The fourth-order valence-corrected chi connectivity index (χ4v) is 2.44. The van der Waals surface area contributed by atoms with Crippen LogP contribution in [0.15, 0.2) is 12.1 Å². The summed E-state index contributed by atoms with van der Waals surface area (Å²) < 4.78 is 0. The van der Waals surface area contributed by atoms with Crippen LogP contribution in [-0.4, -0.2) is 17.1 Å². The highest BCUT2D eigenvalue weighted by atomic mass is 16.4. The highest BCUT2D eigenvalue weighted by molar-refractivity contribution is 5.71. The zero-order chi connectivity index (χ0) is 11.7. The van der Waals surface area contributed by atoms with Crippen molar-refractivity contribution in [3.63, 3.8) is 0 Å². The molecule has 86 valence electrons. The van der Waals surface area contributed by atoms with Crippen molar-refractivity contribution < 1.29 is 9.90 Å². The Morgan fingerprint density at radius 1 is 1.56 bits per heavy atom. The molecule has 0 spiro atoms. The molecule has 0 heterocycles. The summed E-state index contributed by atoms with van der Waals surface area (Å²) in [5, 5.41) is 8.82. The highest BCUT2D eigenvalue weighted by Gasteiger charge is 2.19. The number of carboxylic acid groups (broad SMARTS) is 1. The minimum Gasteiger partial charge on any atom is -0.481 e. The lowest BCUT2D eigenvalue weighted by molar-refractivity contribution is -0.136. The van der Waals surface area contributed by atoms with Gasteiger partial charge in [-0.05, 0) is 48.4 Å². The third kappa shape index (κ3) is 2.09. The molecule has 3 nitrogen and oxygen atoms in total. The summed E-state index contributed by atoms with van der Waals surface area (Å²) in [6.07, 6.45) is 3.04. The van der Waals surface area contributed by atoms with Crippen LogP contribution in [0.2, 0.25) is 0 Å². The minimum absolute atomic E-state index is 0.106. The molecule has 0 bridgehead atoms. The second-order valence-electron chi connectivity index (χ2n) is 4.56. The minimum atomic E-state index is -0.775. The number of carbonyl (C=O) groups is 1. The van der Waals surface area contributed by atoms with Crippen molar-refractivity contribution >= 4 is 5.97 Å². The molecule has 0 saturated carbocycles. The second-order valence-corrected chi connectivity index (χ2v) is 4.56. The fraction of sp³-hybridized carbons (Fsp3) is 0.462. The van der Waals surface area contributed by atoms with Gasteiger partial charge in [-0.25, -0.2) is 0 Å². The number of aliphatic carboxylic acids is 1. The molecule has 1 aromatic rings. The summed E-state index contributed by atoms with van der Waals surface area (Å²) in [4.78, 5) is 10.7. The number of hydrogen-bond donors (Lipinski definition) is 2. The first-order chi connectivity index (χ1) is 7.58. The summed E-state index contributed by atoms with van der Waals surface area (Å²) >= 11 is 0. The van der Waals surface area contributed by atoms with Gasteiger partial charge in [0, 0.05) is 6.04 Å². The van der Waals surface area contributed by atoms with E-state index in [0.29, 0.717) is 0 Å². The van der Waals surface area contributed by atoms with Gasteiger partial charge >= 0.3 is 5.97 Å². The molecule has 2 rings (SSSR count). The van der Waals surface area contributed by atoms with E-state index in [1.165, 1.54) is 11.1 Å². The maximum Gasteiger partial charge on any atom is 0.307 e. The lowest BCUT2D eigenvalue weighted by Gasteiger charge is -2.24. The molecule has 1 aliphatic carbocycles. The Balaban J connectivity index is 2.38. The van der Waals surface area contributed by atoms with Gasteiger partial charge in [-0.1, -0.05) is 12.1 Å². The Kier molecular flexibility index (Phi) is 2.97. The van der Waals surface area contributed by atoms with E-state index in [0.717, 1.165) is 30.4 Å². The monoisotopic (exact) mass is 219 g/mol. The Bertz CT molecular complexity index is 426. The predicted molar refractivity (Wildman–Crippen MR) is 62.5 cm³/mol. The molecule has 0 saturated heterocycles. The number of fused-ring (bicyclic) bond motifs is 1. The first-order valence-corrected chi connectivity index (χ1v) is 5.65. The number of hydrogen-bond acceptors (Lipinski definition) is 2. The smallest absolute Gasteiger partial charge is 0.307 e. The molecule has 0 radical (unpaired) electrons. The van der Waals surface area contributed by atoms with Crippen molar-refractivity contribution in [2.24, 2.45) is 5.73 Å².